The van der Waals surface area contributed by atoms with Crippen LogP contribution in [-0.4, -0.2) is 63.0 Å². The van der Waals surface area contributed by atoms with Crippen molar-refractivity contribution in [3.05, 3.63) is 242 Å². The number of esters is 4. The van der Waals surface area contributed by atoms with Crippen molar-refractivity contribution in [1.29, 1.82) is 0 Å². The van der Waals surface area contributed by atoms with Gasteiger partial charge in [0, 0.05) is 18.9 Å². The van der Waals surface area contributed by atoms with Crippen molar-refractivity contribution >= 4 is 59.7 Å². The van der Waals surface area contributed by atoms with Crippen LogP contribution in [0.25, 0.3) is 24.3 Å². The zero-order chi connectivity index (χ0) is 67.7. The molecule has 0 spiro atoms. The van der Waals surface area contributed by atoms with Crippen molar-refractivity contribution in [2.45, 2.75) is 141 Å². The summed E-state index contributed by atoms with van der Waals surface area (Å²) in [4.78, 5) is 76.3. The quantitative estimate of drug-likeness (QED) is 0.0274. The van der Waals surface area contributed by atoms with E-state index in [0.29, 0.717) is 41.1 Å². The normalized spacial score (nSPS) is 17.2. The Morgan fingerprint density at radius 1 is 0.457 bits per heavy atom. The summed E-state index contributed by atoms with van der Waals surface area (Å²) >= 11 is 0. The number of carbonyl (C=O) groups excluding carboxylic acids is 6. The first-order valence-corrected chi connectivity index (χ1v) is 30.7. The SMILES string of the molecule is C/C=C/C=C(C)/C=C/C1=C(C)C(=O)C(OC(=O)CCC(=O)Oc2ccc(/C=C/c3cc(C)cc(O)c3)cc2)CC1(C)C.CC(C)=C/C=C/C=C(C)/C=C/C=C(C)/C=C/C1=C(C)C(=O)C(OC(=O)CCC(=O)Oc2ccc(/C=C/c3cc(O)cc(O)c3)cc2)CC1(C)C. The molecule has 2 unspecified atom stereocenters. The molecule has 0 radical (unpaired) electrons. The van der Waals surface area contributed by atoms with Crippen LogP contribution in [0.5, 0.6) is 28.7 Å². The number of aryl methyl sites for hydroxylation is 1. The lowest BCUT2D eigenvalue weighted by atomic mass is 9.71. The van der Waals surface area contributed by atoms with Gasteiger partial charge in [0.2, 0.25) is 0 Å². The van der Waals surface area contributed by atoms with Crippen LogP contribution in [0.1, 0.15) is 149 Å². The van der Waals surface area contributed by atoms with E-state index in [4.69, 9.17) is 18.9 Å². The Morgan fingerprint density at radius 3 is 1.25 bits per heavy atom. The highest BCUT2D eigenvalue weighted by atomic mass is 16.6. The molecule has 482 valence electrons. The molecule has 4 aromatic rings. The number of aromatic hydroxyl groups is 3. The summed E-state index contributed by atoms with van der Waals surface area (Å²) in [5, 5.41) is 29.0. The summed E-state index contributed by atoms with van der Waals surface area (Å²) in [5.74, 6) is -2.05. The van der Waals surface area contributed by atoms with Crippen LogP contribution in [0.2, 0.25) is 0 Å². The number of ketones is 2. The third-order valence-corrected chi connectivity index (χ3v) is 15.0. The molecule has 6 rings (SSSR count). The van der Waals surface area contributed by atoms with Crippen LogP contribution < -0.4 is 9.47 Å². The molecule has 0 aromatic heterocycles. The number of phenolic OH excluding ortho intramolecular Hbond substituents is 3. The van der Waals surface area contributed by atoms with Gasteiger partial charge in [-0.2, -0.15) is 0 Å². The number of benzene rings is 4. The fraction of sp³-hybridized carbons (Fsp3) is 0.291. The molecule has 13 nitrogen and oxygen atoms in total. The predicted octanol–water partition coefficient (Wildman–Crippen LogP) is 17.6. The number of hydrogen-bond donors (Lipinski definition) is 3. The second kappa shape index (κ2) is 34.9. The van der Waals surface area contributed by atoms with Crippen LogP contribution in [0.3, 0.4) is 0 Å². The number of rotatable bonds is 23. The number of phenols is 3. The zero-order valence-electron chi connectivity index (χ0n) is 55.3. The first-order chi connectivity index (χ1) is 43.5. The van der Waals surface area contributed by atoms with Crippen LogP contribution in [0.4, 0.5) is 0 Å². The standard InChI is InChI=1S/C43H48O7.C36H40O6/c1-29(2)11-8-9-12-30(3)13-10-14-31(4)15-22-38-32(5)42(48)39(28-43(38,6)7)50-41(47)24-23-40(46)49-37-20-18-33(19-21-37)16-17-34-25-35(44)27-36(45)26-34;1-7-8-9-24(2)10-17-31-26(4)35(40)32(23-36(31,5)6)42-34(39)19-18-33(38)41-30-15-13-27(14-16-30)11-12-28-20-25(3)21-29(37)22-28/h8-22,25-27,39,44-45H,23-24,28H2,1-7H3;7-17,20-22,32,37H,18-19,23H2,1-6H3/b9-8+,13-10+,17-16+,22-15+,30-12+,31-14+;8-7+,12-11+,17-10+,24-9+. The second-order valence-corrected chi connectivity index (χ2v) is 24.5. The van der Waals surface area contributed by atoms with Crippen molar-refractivity contribution in [2.75, 3.05) is 0 Å². The van der Waals surface area contributed by atoms with Gasteiger partial charge in [-0.15, -0.1) is 0 Å². The summed E-state index contributed by atoms with van der Waals surface area (Å²) in [7, 11) is 0. The van der Waals surface area contributed by atoms with Crippen molar-refractivity contribution in [3.8, 4) is 28.7 Å². The molecular weight excluding hydrogens is 1160 g/mol. The van der Waals surface area contributed by atoms with Gasteiger partial charge in [-0.3, -0.25) is 28.8 Å². The van der Waals surface area contributed by atoms with E-state index in [9.17, 15) is 44.1 Å². The third-order valence-electron chi connectivity index (χ3n) is 15.0. The topological polar surface area (TPSA) is 200 Å². The zero-order valence-corrected chi connectivity index (χ0v) is 55.3. The monoisotopic (exact) mass is 1240 g/mol. The highest BCUT2D eigenvalue weighted by Crippen LogP contribution is 2.42. The highest BCUT2D eigenvalue weighted by Gasteiger charge is 2.41. The summed E-state index contributed by atoms with van der Waals surface area (Å²) in [6.07, 6.45) is 33.4. The highest BCUT2D eigenvalue weighted by molar-refractivity contribution is 6.02. The lowest BCUT2D eigenvalue weighted by Gasteiger charge is -2.36. The minimum absolute atomic E-state index is 0.0411. The van der Waals surface area contributed by atoms with E-state index < -0.39 is 41.5 Å². The van der Waals surface area contributed by atoms with Crippen molar-refractivity contribution in [2.24, 2.45) is 10.8 Å². The molecule has 3 N–H and O–H groups in total. The van der Waals surface area contributed by atoms with E-state index >= 15 is 0 Å². The average Bonchev–Trinajstić information content (AvgIpc) is 0.804. The predicted molar refractivity (Wildman–Crippen MR) is 367 cm³/mol. The van der Waals surface area contributed by atoms with Gasteiger partial charge < -0.3 is 34.3 Å². The van der Waals surface area contributed by atoms with Gasteiger partial charge in [0.25, 0.3) is 0 Å². The van der Waals surface area contributed by atoms with Crippen molar-refractivity contribution in [1.82, 2.24) is 0 Å². The summed E-state index contributed by atoms with van der Waals surface area (Å²) in [6.45, 7) is 25.6. The van der Waals surface area contributed by atoms with E-state index in [-0.39, 0.29) is 59.9 Å². The average molecular weight is 1250 g/mol. The minimum Gasteiger partial charge on any atom is -0.508 e. The third kappa shape index (κ3) is 24.5. The maximum Gasteiger partial charge on any atom is 0.311 e. The molecule has 2 aliphatic rings. The number of ether oxygens (including phenoxy) is 4. The van der Waals surface area contributed by atoms with E-state index in [2.05, 4.69) is 19.9 Å². The lowest BCUT2D eigenvalue weighted by molar-refractivity contribution is -0.157. The van der Waals surface area contributed by atoms with Gasteiger partial charge in [0.1, 0.15) is 28.7 Å². The molecule has 0 fully saturated rings. The number of allylic oxidation sites excluding steroid dienone is 20. The number of carbonyl (C=O) groups is 6. The summed E-state index contributed by atoms with van der Waals surface area (Å²) in [6, 6.07) is 23.3. The molecule has 0 aliphatic heterocycles. The fourth-order valence-electron chi connectivity index (χ4n) is 10.1. The molecule has 0 amide bonds. The lowest BCUT2D eigenvalue weighted by Crippen LogP contribution is -2.39. The van der Waals surface area contributed by atoms with Gasteiger partial charge in [-0.25, -0.2) is 0 Å². The molecule has 92 heavy (non-hydrogen) atoms. The first-order valence-electron chi connectivity index (χ1n) is 30.7. The van der Waals surface area contributed by atoms with Crippen LogP contribution >= 0.6 is 0 Å². The Balaban J connectivity index is 0.000000339. The molecule has 0 saturated heterocycles. The van der Waals surface area contributed by atoms with E-state index in [1.54, 1.807) is 86.7 Å². The summed E-state index contributed by atoms with van der Waals surface area (Å²) in [5.41, 5.74) is 10.8. The van der Waals surface area contributed by atoms with Crippen LogP contribution in [0.15, 0.2) is 215 Å². The summed E-state index contributed by atoms with van der Waals surface area (Å²) < 4.78 is 21.8. The number of hydrogen-bond acceptors (Lipinski definition) is 13. The van der Waals surface area contributed by atoms with E-state index in [0.717, 1.165) is 50.1 Å². The fourth-order valence-corrected chi connectivity index (χ4v) is 10.1. The number of Topliss-reactive ketones (excluding diaryl/α,β-unsaturated/α-hetero) is 2. The molecular formula is C79H88O13. The first kappa shape index (κ1) is 72.9. The molecule has 2 aliphatic carbocycles. The Bertz CT molecular complexity index is 3710. The molecule has 4 aromatic carbocycles. The van der Waals surface area contributed by atoms with E-state index in [1.807, 2.05) is 160 Å². The van der Waals surface area contributed by atoms with Gasteiger partial charge in [-0.05, 0) is 172 Å². The minimum atomic E-state index is -0.921. The van der Waals surface area contributed by atoms with Crippen molar-refractivity contribution in [3.63, 3.8) is 0 Å². The van der Waals surface area contributed by atoms with Gasteiger partial charge >= 0.3 is 23.9 Å². The van der Waals surface area contributed by atoms with Gasteiger partial charge in [-0.1, -0.05) is 190 Å². The van der Waals surface area contributed by atoms with E-state index in [1.165, 1.54) is 23.8 Å². The Morgan fingerprint density at radius 2 is 0.826 bits per heavy atom. The smallest absolute Gasteiger partial charge is 0.311 e. The van der Waals surface area contributed by atoms with Crippen LogP contribution in [-0.2, 0) is 38.2 Å². The maximum atomic E-state index is 13.2. The molecule has 0 bridgehead atoms. The Hall–Kier alpha value is -9.88. The second-order valence-electron chi connectivity index (χ2n) is 24.5. The molecule has 2 atom stereocenters. The largest absolute Gasteiger partial charge is 0.508 e. The van der Waals surface area contributed by atoms with Crippen molar-refractivity contribution < 1.29 is 63.0 Å². The Kier molecular flexibility index (Phi) is 27.7. The Labute approximate surface area is 543 Å². The maximum absolute atomic E-state index is 13.2. The van der Waals surface area contributed by atoms with Crippen LogP contribution in [0, 0.1) is 17.8 Å². The van der Waals surface area contributed by atoms with Gasteiger partial charge in [0.05, 0.1) is 25.7 Å². The molecule has 13 heteroatoms. The van der Waals surface area contributed by atoms with Gasteiger partial charge in [0.15, 0.2) is 23.8 Å². The molecule has 0 heterocycles. The molecule has 0 saturated carbocycles.